The summed E-state index contributed by atoms with van der Waals surface area (Å²) in [7, 11) is 2.64. The number of aromatic nitrogens is 1. The SMILES string of the molecule is O=C(Nc1nc(=S)ss1)c1cc(Cl)cc(Cl)c1. The van der Waals surface area contributed by atoms with Gasteiger partial charge in [-0.2, -0.15) is 4.98 Å². The van der Waals surface area contributed by atoms with E-state index < -0.39 is 0 Å². The van der Waals surface area contributed by atoms with Crippen molar-refractivity contribution in [2.45, 2.75) is 0 Å². The van der Waals surface area contributed by atoms with Gasteiger partial charge in [0.15, 0.2) is 3.95 Å². The summed E-state index contributed by atoms with van der Waals surface area (Å²) in [5.74, 6) is -0.314. The first-order valence-electron chi connectivity index (χ1n) is 4.29. The van der Waals surface area contributed by atoms with E-state index in [4.69, 9.17) is 35.4 Å². The molecule has 0 saturated heterocycles. The maximum Gasteiger partial charge on any atom is 0.257 e. The summed E-state index contributed by atoms with van der Waals surface area (Å²) in [5.41, 5.74) is 0.383. The van der Waals surface area contributed by atoms with E-state index in [0.717, 1.165) is 0 Å². The van der Waals surface area contributed by atoms with Crippen LogP contribution in [0, 0.1) is 3.95 Å². The third-order valence-corrected chi connectivity index (χ3v) is 4.69. The fourth-order valence-electron chi connectivity index (χ4n) is 1.10. The van der Waals surface area contributed by atoms with Crippen LogP contribution in [0.15, 0.2) is 18.2 Å². The second kappa shape index (κ2) is 5.41. The first-order valence-corrected chi connectivity index (χ1v) is 7.60. The molecule has 2 rings (SSSR count). The zero-order chi connectivity index (χ0) is 12.4. The van der Waals surface area contributed by atoms with Crippen LogP contribution in [-0.4, -0.2) is 10.9 Å². The normalized spacial score (nSPS) is 10.2. The fourth-order valence-corrected chi connectivity index (χ4v) is 3.48. The van der Waals surface area contributed by atoms with Crippen molar-refractivity contribution in [2.75, 3.05) is 5.32 Å². The average molecular weight is 323 g/mol. The Morgan fingerprint density at radius 1 is 1.24 bits per heavy atom. The molecule has 0 unspecified atom stereocenters. The van der Waals surface area contributed by atoms with Gasteiger partial charge < -0.3 is 0 Å². The Labute approximate surface area is 119 Å². The molecule has 0 radical (unpaired) electrons. The monoisotopic (exact) mass is 322 g/mol. The van der Waals surface area contributed by atoms with Crippen LogP contribution in [0.2, 0.25) is 10.0 Å². The van der Waals surface area contributed by atoms with E-state index >= 15 is 0 Å². The standard InChI is InChI=1S/C9H4Cl2N2OS3/c10-5-1-4(2-6(11)3-5)7(14)12-8-13-9(15)17-16-8/h1-3H,(H,12,13,14,15). The van der Waals surface area contributed by atoms with Gasteiger partial charge in [-0.05, 0) is 51.1 Å². The zero-order valence-corrected chi connectivity index (χ0v) is 12.0. The molecule has 0 spiro atoms. The van der Waals surface area contributed by atoms with Crippen molar-refractivity contribution in [1.82, 2.24) is 4.98 Å². The van der Waals surface area contributed by atoms with Gasteiger partial charge >= 0.3 is 0 Å². The van der Waals surface area contributed by atoms with Crippen molar-refractivity contribution < 1.29 is 4.79 Å². The Kier molecular flexibility index (Phi) is 4.11. The number of benzene rings is 1. The fraction of sp³-hybridized carbons (Fsp3) is 0. The lowest BCUT2D eigenvalue weighted by atomic mass is 10.2. The van der Waals surface area contributed by atoms with Gasteiger partial charge in [0.1, 0.15) is 0 Å². The molecule has 3 nitrogen and oxygen atoms in total. The third kappa shape index (κ3) is 3.46. The van der Waals surface area contributed by atoms with Crippen LogP contribution in [0.5, 0.6) is 0 Å². The molecule has 17 heavy (non-hydrogen) atoms. The molecule has 2 aromatic rings. The Morgan fingerprint density at radius 3 is 2.41 bits per heavy atom. The maximum atomic E-state index is 11.8. The molecule has 0 saturated carbocycles. The smallest absolute Gasteiger partial charge is 0.257 e. The van der Waals surface area contributed by atoms with Crippen molar-refractivity contribution in [3.63, 3.8) is 0 Å². The molecule has 8 heteroatoms. The second-order valence-corrected chi connectivity index (χ2v) is 6.59. The predicted octanol–water partition coefficient (Wildman–Crippen LogP) is 4.49. The number of amides is 1. The summed E-state index contributed by atoms with van der Waals surface area (Å²) < 4.78 is 0.495. The lowest BCUT2D eigenvalue weighted by Gasteiger charge is -2.02. The average Bonchev–Trinajstić information content (AvgIpc) is 2.62. The summed E-state index contributed by atoms with van der Waals surface area (Å²) >= 11 is 16.5. The number of anilines is 1. The number of rotatable bonds is 2. The number of carbonyl (C=O) groups excluding carboxylic acids is 1. The lowest BCUT2D eigenvalue weighted by molar-refractivity contribution is 0.102. The lowest BCUT2D eigenvalue weighted by Crippen LogP contribution is -2.11. The predicted molar refractivity (Wildman–Crippen MR) is 75.2 cm³/mol. The van der Waals surface area contributed by atoms with Crippen LogP contribution in [0.4, 0.5) is 5.13 Å². The number of hydrogen-bond acceptors (Lipinski definition) is 5. The van der Waals surface area contributed by atoms with Crippen molar-refractivity contribution >= 4 is 67.1 Å². The van der Waals surface area contributed by atoms with Crippen LogP contribution in [0.25, 0.3) is 0 Å². The van der Waals surface area contributed by atoms with Gasteiger partial charge in [-0.15, -0.1) is 0 Å². The van der Waals surface area contributed by atoms with Crippen LogP contribution in [0.1, 0.15) is 10.4 Å². The highest BCUT2D eigenvalue weighted by Gasteiger charge is 2.10. The number of nitrogens with one attached hydrogen (secondary N) is 1. The molecule has 1 aromatic heterocycles. The molecule has 88 valence electrons. The summed E-state index contributed by atoms with van der Waals surface area (Å²) in [4.78, 5) is 15.8. The zero-order valence-electron chi connectivity index (χ0n) is 8.07. The quantitative estimate of drug-likeness (QED) is 0.654. The number of hydrogen-bond donors (Lipinski definition) is 1. The molecular weight excluding hydrogens is 319 g/mol. The van der Waals surface area contributed by atoms with Gasteiger partial charge in [-0.1, -0.05) is 23.2 Å². The molecule has 1 N–H and O–H groups in total. The highest BCUT2D eigenvalue weighted by Crippen LogP contribution is 2.22. The molecule has 0 aliphatic rings. The number of nitrogens with zero attached hydrogens (tertiary/aromatic N) is 1. The van der Waals surface area contributed by atoms with Gasteiger partial charge in [0, 0.05) is 15.6 Å². The maximum absolute atomic E-state index is 11.8. The summed E-state index contributed by atoms with van der Waals surface area (Å²) in [6, 6.07) is 4.63. The van der Waals surface area contributed by atoms with Crippen molar-refractivity contribution in [2.24, 2.45) is 0 Å². The van der Waals surface area contributed by atoms with Crippen molar-refractivity contribution in [3.05, 3.63) is 37.8 Å². The number of halogens is 2. The van der Waals surface area contributed by atoms with Gasteiger partial charge in [0.25, 0.3) is 5.91 Å². The van der Waals surface area contributed by atoms with Gasteiger partial charge in [0.2, 0.25) is 5.13 Å². The summed E-state index contributed by atoms with van der Waals surface area (Å²) in [5, 5.41) is 3.92. The number of carbonyl (C=O) groups is 1. The van der Waals surface area contributed by atoms with E-state index in [-0.39, 0.29) is 5.91 Å². The molecule has 1 aromatic carbocycles. The Morgan fingerprint density at radius 2 is 1.88 bits per heavy atom. The van der Waals surface area contributed by atoms with Gasteiger partial charge in [0.05, 0.1) is 0 Å². The van der Waals surface area contributed by atoms with Crippen LogP contribution in [0.3, 0.4) is 0 Å². The molecule has 0 aliphatic carbocycles. The van der Waals surface area contributed by atoms with E-state index in [1.165, 1.54) is 32.8 Å². The van der Waals surface area contributed by atoms with Crippen molar-refractivity contribution in [1.29, 1.82) is 0 Å². The Hall–Kier alpha value is -0.530. The van der Waals surface area contributed by atoms with Crippen LogP contribution < -0.4 is 5.32 Å². The van der Waals surface area contributed by atoms with E-state index in [2.05, 4.69) is 10.3 Å². The highest BCUT2D eigenvalue weighted by molar-refractivity contribution is 7.79. The van der Waals surface area contributed by atoms with Crippen molar-refractivity contribution in [3.8, 4) is 0 Å². The topological polar surface area (TPSA) is 42.0 Å². The third-order valence-electron chi connectivity index (χ3n) is 1.73. The Balaban J connectivity index is 2.22. The Bertz CT molecular complexity index is 602. The molecule has 0 bridgehead atoms. The van der Waals surface area contributed by atoms with Crippen LogP contribution in [-0.2, 0) is 0 Å². The summed E-state index contributed by atoms with van der Waals surface area (Å²) in [6.45, 7) is 0. The van der Waals surface area contributed by atoms with E-state index in [1.54, 1.807) is 6.07 Å². The van der Waals surface area contributed by atoms with Gasteiger partial charge in [-0.25, -0.2) is 0 Å². The highest BCUT2D eigenvalue weighted by atomic mass is 35.5. The minimum atomic E-state index is -0.314. The molecule has 1 heterocycles. The minimum absolute atomic E-state index is 0.314. The van der Waals surface area contributed by atoms with E-state index in [1.807, 2.05) is 0 Å². The molecule has 1 amide bonds. The first kappa shape index (κ1) is 12.9. The van der Waals surface area contributed by atoms with E-state index in [0.29, 0.717) is 24.7 Å². The molecule has 0 fully saturated rings. The van der Waals surface area contributed by atoms with Gasteiger partial charge in [-0.3, -0.25) is 10.1 Å². The largest absolute Gasteiger partial charge is 0.297 e. The van der Waals surface area contributed by atoms with Crippen LogP contribution >= 0.6 is 56.1 Å². The molecule has 0 aliphatic heterocycles. The second-order valence-electron chi connectivity index (χ2n) is 2.96. The minimum Gasteiger partial charge on any atom is -0.297 e. The molecular formula is C9H4Cl2N2OS3. The summed E-state index contributed by atoms with van der Waals surface area (Å²) in [6.07, 6.45) is 0. The molecule has 0 atom stereocenters. The van der Waals surface area contributed by atoms with E-state index in [9.17, 15) is 4.79 Å². The first-order chi connectivity index (χ1) is 8.04.